The average Bonchev–Trinajstić information content (AvgIpc) is 3.37. The van der Waals surface area contributed by atoms with Crippen LogP contribution >= 0.6 is 0 Å². The molecule has 412 valence electrons. The molecule has 1 amide bonds. The van der Waals surface area contributed by atoms with Crippen LogP contribution in [0.5, 0.6) is 0 Å². The molecule has 3 aliphatic heterocycles. The van der Waals surface area contributed by atoms with Gasteiger partial charge in [-0.15, -0.1) is 0 Å². The first-order valence-electron chi connectivity index (χ1n) is 26.4. The molecule has 2 saturated heterocycles. The number of Topliss-reactive ketones (excluding diaryl/α,β-unsaturated/α-hetero) is 3. The largest absolute Gasteiger partial charge is 0.460 e. The zero-order valence-electron chi connectivity index (χ0n) is 45.3. The second-order valence-corrected chi connectivity index (χ2v) is 21.8. The smallest absolute Gasteiger partial charge is 0.329 e. The zero-order valence-corrected chi connectivity index (χ0v) is 45.3. The predicted octanol–water partition coefficient (Wildman–Crippen LogP) is 5.72. The van der Waals surface area contributed by atoms with Crippen LogP contribution in [0.25, 0.3) is 0 Å². The topological polar surface area (TPSA) is 242 Å². The Labute approximate surface area is 433 Å². The molecule has 3 fully saturated rings. The fourth-order valence-electron chi connectivity index (χ4n) is 10.7. The quantitative estimate of drug-likeness (QED) is 0.116. The molecular weight excluding hydrogens is 943 g/mol. The molecule has 0 unspecified atom stereocenters. The van der Waals surface area contributed by atoms with E-state index in [1.807, 2.05) is 51.2 Å². The summed E-state index contributed by atoms with van der Waals surface area (Å²) in [7, 11) is 4.43. The van der Waals surface area contributed by atoms with Gasteiger partial charge in [-0.05, 0) is 114 Å². The highest BCUT2D eigenvalue weighted by Crippen LogP contribution is 2.38. The maximum absolute atomic E-state index is 14.5. The molecule has 1 saturated carbocycles. The van der Waals surface area contributed by atoms with Crippen LogP contribution in [0.2, 0.25) is 0 Å². The van der Waals surface area contributed by atoms with E-state index in [-0.39, 0.29) is 42.8 Å². The van der Waals surface area contributed by atoms with Gasteiger partial charge in [0.2, 0.25) is 5.79 Å². The first-order valence-corrected chi connectivity index (χ1v) is 26.4. The first-order chi connectivity index (χ1) is 34.5. The van der Waals surface area contributed by atoms with Crippen LogP contribution < -0.4 is 0 Å². The molecule has 2 bridgehead atoms. The van der Waals surface area contributed by atoms with Crippen molar-refractivity contribution in [2.24, 2.45) is 40.9 Å². The highest BCUT2D eigenvalue weighted by molar-refractivity contribution is 6.39. The van der Waals surface area contributed by atoms with Crippen molar-refractivity contribution in [1.29, 1.82) is 0 Å². The minimum atomic E-state index is -2.47. The molecule has 0 aromatic carbocycles. The second-order valence-electron chi connectivity index (χ2n) is 21.8. The third kappa shape index (κ3) is 16.0. The Hall–Kier alpha value is -3.94. The van der Waals surface area contributed by atoms with Gasteiger partial charge in [0.25, 0.3) is 11.7 Å². The van der Waals surface area contributed by atoms with E-state index in [1.54, 1.807) is 40.9 Å². The zero-order chi connectivity index (χ0) is 54.4. The first kappa shape index (κ1) is 61.6. The van der Waals surface area contributed by atoms with Crippen molar-refractivity contribution in [3.05, 3.63) is 47.6 Å². The molecule has 0 radical (unpaired) electrons. The molecule has 17 nitrogen and oxygen atoms in total. The standard InChI is InChI=1S/C56H87NO16/c1-33-17-13-12-14-18-34(2)45(68-9)29-41-22-20-39(7)56(67,73-41)51(63)52(64)57-24-16-15-19-42(57)53(65)71-46(30-43(60)35(3)26-38(6)49(62)50(70-11)48(61)37(5)25-33)36(4)27-40-21-23-44(47(28-40)69-10)72-54(66)55(8,31-58)32-59/h12-14,17-18,26,33,35-37,39-42,44-47,49-50,58-59,62,67H,15-16,19-25,27-32H2,1-11H3/b14-12+,17-13+,34-18+,38-26+/t33-,35-,36-,37-,39-,40+,41+,42+,44-,45+,46+,47+,49-,50+,56-/m1/s1. The molecule has 15 atom stereocenters. The van der Waals surface area contributed by atoms with E-state index < -0.39 is 120 Å². The summed E-state index contributed by atoms with van der Waals surface area (Å²) in [4.78, 5) is 85.4. The van der Waals surface area contributed by atoms with Crippen molar-refractivity contribution in [3.63, 3.8) is 0 Å². The Bertz CT molecular complexity index is 2010. The summed E-state index contributed by atoms with van der Waals surface area (Å²) in [6.07, 6.45) is 9.76. The number of ether oxygens (including phenoxy) is 6. The average molecular weight is 1030 g/mol. The maximum Gasteiger partial charge on any atom is 0.329 e. The van der Waals surface area contributed by atoms with Gasteiger partial charge in [0.1, 0.15) is 41.7 Å². The van der Waals surface area contributed by atoms with Crippen molar-refractivity contribution in [2.75, 3.05) is 41.1 Å². The van der Waals surface area contributed by atoms with Gasteiger partial charge in [-0.25, -0.2) is 4.79 Å². The lowest BCUT2D eigenvalue weighted by molar-refractivity contribution is -0.265. The number of ketones is 3. The third-order valence-electron chi connectivity index (χ3n) is 15.9. The summed E-state index contributed by atoms with van der Waals surface area (Å²) in [5.41, 5.74) is -0.277. The molecule has 0 spiro atoms. The Morgan fingerprint density at radius 2 is 1.56 bits per heavy atom. The van der Waals surface area contributed by atoms with Crippen LogP contribution in [0, 0.1) is 40.9 Å². The monoisotopic (exact) mass is 1030 g/mol. The molecule has 4 aliphatic rings. The van der Waals surface area contributed by atoms with Crippen LogP contribution in [0.15, 0.2) is 47.6 Å². The molecule has 3 heterocycles. The highest BCUT2D eigenvalue weighted by atomic mass is 16.6. The summed E-state index contributed by atoms with van der Waals surface area (Å²) in [6.45, 7) is 12.7. The molecule has 4 N–H and O–H groups in total. The maximum atomic E-state index is 14.5. The normalized spacial score (nSPS) is 37.4. The van der Waals surface area contributed by atoms with Crippen LogP contribution in [-0.2, 0) is 57.2 Å². The lowest BCUT2D eigenvalue weighted by atomic mass is 9.78. The van der Waals surface area contributed by atoms with Crippen LogP contribution in [0.1, 0.15) is 132 Å². The van der Waals surface area contributed by atoms with Gasteiger partial charge in [0.15, 0.2) is 5.78 Å². The number of amides is 1. The molecule has 4 rings (SSSR count). The van der Waals surface area contributed by atoms with Crippen molar-refractivity contribution in [3.8, 4) is 0 Å². The van der Waals surface area contributed by atoms with E-state index in [0.29, 0.717) is 69.8 Å². The van der Waals surface area contributed by atoms with Gasteiger partial charge >= 0.3 is 11.9 Å². The molecule has 0 aromatic heterocycles. The Morgan fingerprint density at radius 1 is 0.863 bits per heavy atom. The SMILES string of the molecule is CO[C@H]1C[C@@H]2CC[C@@H](C)[C@@](O)(O2)C(=O)C(=O)N2CCCC[C@H]2C(=O)O[C@H]([C@H](C)C[C@@H]2CC[C@@H](OC(=O)C(C)(CO)CO)[C@@H](OC)C2)CC(=O)[C@H](C)/C=C(\C)[C@@H](O)[C@@H](OC)C(=O)[C@H](C)C[C@H](C)/C=C/C=C/C=C/1C. The van der Waals surface area contributed by atoms with E-state index >= 15 is 0 Å². The van der Waals surface area contributed by atoms with Crippen molar-refractivity contribution in [1.82, 2.24) is 4.90 Å². The fraction of sp³-hybridized carbons (Fsp3) is 0.750. The van der Waals surface area contributed by atoms with Gasteiger partial charge in [-0.1, -0.05) is 71.1 Å². The van der Waals surface area contributed by atoms with Crippen molar-refractivity contribution < 1.29 is 77.6 Å². The fourth-order valence-corrected chi connectivity index (χ4v) is 10.7. The van der Waals surface area contributed by atoms with Crippen LogP contribution in [0.3, 0.4) is 0 Å². The number of hydrogen-bond acceptors (Lipinski definition) is 16. The number of esters is 2. The number of fused-ring (bicyclic) bond motifs is 3. The number of aliphatic hydroxyl groups is 4. The number of hydrogen-bond donors (Lipinski definition) is 4. The van der Waals surface area contributed by atoms with Crippen molar-refractivity contribution in [2.45, 2.75) is 187 Å². The number of nitrogens with zero attached hydrogens (tertiary/aromatic N) is 1. The highest BCUT2D eigenvalue weighted by Gasteiger charge is 2.53. The van der Waals surface area contributed by atoms with Gasteiger partial charge in [0.05, 0.1) is 31.5 Å². The summed E-state index contributed by atoms with van der Waals surface area (Å²) >= 11 is 0. The van der Waals surface area contributed by atoms with Gasteiger partial charge in [-0.2, -0.15) is 0 Å². The molecule has 1 aliphatic carbocycles. The molecule has 73 heavy (non-hydrogen) atoms. The van der Waals surface area contributed by atoms with Crippen LogP contribution in [-0.4, -0.2) is 156 Å². The van der Waals surface area contributed by atoms with E-state index in [1.165, 1.54) is 21.1 Å². The van der Waals surface area contributed by atoms with E-state index in [0.717, 1.165) is 10.5 Å². The lowest BCUT2D eigenvalue weighted by Crippen LogP contribution is -2.61. The lowest BCUT2D eigenvalue weighted by Gasteiger charge is -2.42. The number of aliphatic hydroxyl groups excluding tert-OH is 3. The van der Waals surface area contributed by atoms with Gasteiger partial charge < -0.3 is 53.7 Å². The summed E-state index contributed by atoms with van der Waals surface area (Å²) in [5, 5.41) is 43.1. The van der Waals surface area contributed by atoms with Gasteiger partial charge in [-0.3, -0.25) is 24.0 Å². The van der Waals surface area contributed by atoms with Gasteiger partial charge in [0, 0.05) is 58.5 Å². The van der Waals surface area contributed by atoms with E-state index in [9.17, 15) is 49.2 Å². The number of allylic oxidation sites excluding steroid dienone is 6. The Balaban J connectivity index is 1.69. The molecular formula is C56H87NO16. The minimum absolute atomic E-state index is 0.00697. The second kappa shape index (κ2) is 28.3. The third-order valence-corrected chi connectivity index (χ3v) is 15.9. The number of carbonyl (C=O) groups excluding carboxylic acids is 6. The van der Waals surface area contributed by atoms with E-state index in [4.69, 9.17) is 28.4 Å². The van der Waals surface area contributed by atoms with Crippen LogP contribution in [0.4, 0.5) is 0 Å². The number of methoxy groups -OCH3 is 3. The summed E-state index contributed by atoms with van der Waals surface area (Å²) < 4.78 is 35.4. The summed E-state index contributed by atoms with van der Waals surface area (Å²) in [5.74, 6) is -9.36. The predicted molar refractivity (Wildman–Crippen MR) is 271 cm³/mol. The molecule has 0 aromatic rings. The number of rotatable bonds is 10. The minimum Gasteiger partial charge on any atom is -0.460 e. The summed E-state index contributed by atoms with van der Waals surface area (Å²) in [6, 6.07) is -1.20. The number of cyclic esters (lactones) is 1. The number of piperidine rings is 1. The van der Waals surface area contributed by atoms with E-state index in [2.05, 4.69) is 0 Å². The van der Waals surface area contributed by atoms with Crippen molar-refractivity contribution >= 4 is 35.2 Å². The molecule has 17 heteroatoms. The Morgan fingerprint density at radius 3 is 2.21 bits per heavy atom. The number of carbonyl (C=O) groups is 6. The Kier molecular flexibility index (Phi) is 23.9.